The van der Waals surface area contributed by atoms with Crippen LogP contribution in [0.4, 0.5) is 0 Å². The Morgan fingerprint density at radius 1 is 0.739 bits per heavy atom. The first-order chi connectivity index (χ1) is 10.9. The van der Waals surface area contributed by atoms with Crippen molar-refractivity contribution < 1.29 is 0 Å². The molecule has 0 aliphatic carbocycles. The minimum atomic E-state index is 0.400. The number of benzene rings is 2. The number of aryl methyl sites for hydroxylation is 4. The standard InChI is InChI=1S/C22H31N/c1-7-8-21(23-6)22(19-11-15(2)9-16(3)12-19)20-13-17(4)10-18(5)14-20/h9-14,21-23H,7-8H2,1-6H3/t21-/m1/s1. The third-order valence-electron chi connectivity index (χ3n) is 4.58. The molecular weight excluding hydrogens is 278 g/mol. The fourth-order valence-corrected chi connectivity index (χ4v) is 3.82. The average Bonchev–Trinajstić information content (AvgIpc) is 2.44. The van der Waals surface area contributed by atoms with Crippen LogP contribution in [0.3, 0.4) is 0 Å². The molecule has 0 aliphatic heterocycles. The predicted molar refractivity (Wildman–Crippen MR) is 101 cm³/mol. The summed E-state index contributed by atoms with van der Waals surface area (Å²) in [5.41, 5.74) is 8.25. The zero-order valence-electron chi connectivity index (χ0n) is 15.5. The van der Waals surface area contributed by atoms with Crippen molar-refractivity contribution in [1.82, 2.24) is 5.32 Å². The minimum Gasteiger partial charge on any atom is -0.316 e. The molecule has 1 atom stereocenters. The number of hydrogen-bond donors (Lipinski definition) is 1. The van der Waals surface area contributed by atoms with E-state index in [0.717, 1.165) is 0 Å². The Bertz CT molecular complexity index is 565. The zero-order valence-corrected chi connectivity index (χ0v) is 15.5. The summed E-state index contributed by atoms with van der Waals surface area (Å²) in [6.45, 7) is 11.1. The van der Waals surface area contributed by atoms with Crippen molar-refractivity contribution in [2.24, 2.45) is 0 Å². The van der Waals surface area contributed by atoms with Crippen LogP contribution in [0.1, 0.15) is 59.1 Å². The molecule has 0 saturated heterocycles. The fraction of sp³-hybridized carbons (Fsp3) is 0.455. The van der Waals surface area contributed by atoms with Gasteiger partial charge in [0.2, 0.25) is 0 Å². The van der Waals surface area contributed by atoms with E-state index in [1.165, 1.54) is 46.2 Å². The number of nitrogens with one attached hydrogen (secondary N) is 1. The summed E-state index contributed by atoms with van der Waals surface area (Å²) in [5, 5.41) is 3.58. The van der Waals surface area contributed by atoms with E-state index in [0.29, 0.717) is 12.0 Å². The van der Waals surface area contributed by atoms with Gasteiger partial charge in [0.15, 0.2) is 0 Å². The lowest BCUT2D eigenvalue weighted by Crippen LogP contribution is -2.33. The Morgan fingerprint density at radius 2 is 1.13 bits per heavy atom. The molecule has 0 amide bonds. The molecule has 0 bridgehead atoms. The predicted octanol–water partition coefficient (Wildman–Crippen LogP) is 5.44. The van der Waals surface area contributed by atoms with Crippen LogP contribution in [-0.4, -0.2) is 13.1 Å². The summed E-state index contributed by atoms with van der Waals surface area (Å²) in [7, 11) is 2.10. The molecule has 2 aromatic carbocycles. The highest BCUT2D eigenvalue weighted by atomic mass is 14.9. The van der Waals surface area contributed by atoms with Crippen LogP contribution < -0.4 is 5.32 Å². The molecule has 124 valence electrons. The zero-order chi connectivity index (χ0) is 17.0. The van der Waals surface area contributed by atoms with Gasteiger partial charge >= 0.3 is 0 Å². The maximum Gasteiger partial charge on any atom is 0.0243 e. The molecule has 1 nitrogen and oxygen atoms in total. The summed E-state index contributed by atoms with van der Waals surface area (Å²) >= 11 is 0. The molecule has 0 saturated carbocycles. The SMILES string of the molecule is CCC[C@@H](NC)C(c1cc(C)cc(C)c1)c1cc(C)cc(C)c1. The molecule has 2 rings (SSSR count). The van der Waals surface area contributed by atoms with Gasteiger partial charge in [0, 0.05) is 12.0 Å². The highest BCUT2D eigenvalue weighted by Gasteiger charge is 2.24. The summed E-state index contributed by atoms with van der Waals surface area (Å²) in [4.78, 5) is 0. The lowest BCUT2D eigenvalue weighted by molar-refractivity contribution is 0.468. The van der Waals surface area contributed by atoms with E-state index in [1.54, 1.807) is 0 Å². The fourth-order valence-electron chi connectivity index (χ4n) is 3.82. The molecule has 1 N–H and O–H groups in total. The molecule has 23 heavy (non-hydrogen) atoms. The first-order valence-corrected chi connectivity index (χ1v) is 8.78. The van der Waals surface area contributed by atoms with Gasteiger partial charge in [-0.3, -0.25) is 0 Å². The van der Waals surface area contributed by atoms with Crippen LogP contribution in [0.15, 0.2) is 36.4 Å². The van der Waals surface area contributed by atoms with Crippen molar-refractivity contribution in [2.75, 3.05) is 7.05 Å². The van der Waals surface area contributed by atoms with Crippen LogP contribution in [0, 0.1) is 27.7 Å². The van der Waals surface area contributed by atoms with Gasteiger partial charge in [0.05, 0.1) is 0 Å². The van der Waals surface area contributed by atoms with E-state index in [9.17, 15) is 0 Å². The topological polar surface area (TPSA) is 12.0 Å². The van der Waals surface area contributed by atoms with Gasteiger partial charge in [-0.1, -0.05) is 72.0 Å². The van der Waals surface area contributed by atoms with Crippen molar-refractivity contribution in [2.45, 2.75) is 59.4 Å². The van der Waals surface area contributed by atoms with Gasteiger partial charge in [0.25, 0.3) is 0 Å². The molecule has 0 unspecified atom stereocenters. The molecule has 0 aliphatic rings. The van der Waals surface area contributed by atoms with E-state index >= 15 is 0 Å². The lowest BCUT2D eigenvalue weighted by Gasteiger charge is -2.29. The Labute approximate surface area is 142 Å². The highest BCUT2D eigenvalue weighted by molar-refractivity contribution is 5.41. The van der Waals surface area contributed by atoms with Crippen LogP contribution in [0.25, 0.3) is 0 Å². The summed E-state index contributed by atoms with van der Waals surface area (Å²) < 4.78 is 0. The molecule has 0 heterocycles. The van der Waals surface area contributed by atoms with Crippen molar-refractivity contribution in [3.05, 3.63) is 69.8 Å². The normalized spacial score (nSPS) is 12.7. The first kappa shape index (κ1) is 17.7. The average molecular weight is 309 g/mol. The quantitative estimate of drug-likeness (QED) is 0.749. The van der Waals surface area contributed by atoms with Crippen molar-refractivity contribution >= 4 is 0 Å². The monoisotopic (exact) mass is 309 g/mol. The van der Waals surface area contributed by atoms with Gasteiger partial charge in [0.1, 0.15) is 0 Å². The molecule has 0 aromatic heterocycles. The van der Waals surface area contributed by atoms with Crippen LogP contribution in [-0.2, 0) is 0 Å². The maximum absolute atomic E-state index is 3.58. The third kappa shape index (κ3) is 4.45. The second-order valence-electron chi connectivity index (χ2n) is 7.00. The smallest absolute Gasteiger partial charge is 0.0243 e. The number of rotatable bonds is 6. The number of hydrogen-bond acceptors (Lipinski definition) is 1. The number of likely N-dealkylation sites (N-methyl/N-ethyl adjacent to an activating group) is 1. The largest absolute Gasteiger partial charge is 0.316 e. The van der Waals surface area contributed by atoms with E-state index in [-0.39, 0.29) is 0 Å². The minimum absolute atomic E-state index is 0.400. The van der Waals surface area contributed by atoms with E-state index in [4.69, 9.17) is 0 Å². The lowest BCUT2D eigenvalue weighted by atomic mass is 9.81. The summed E-state index contributed by atoms with van der Waals surface area (Å²) in [5.74, 6) is 0.400. The van der Waals surface area contributed by atoms with Gasteiger partial charge in [-0.25, -0.2) is 0 Å². The Kier molecular flexibility index (Phi) is 6.01. The molecular formula is C22H31N. The van der Waals surface area contributed by atoms with E-state index in [2.05, 4.69) is 83.4 Å². The van der Waals surface area contributed by atoms with Gasteiger partial charge in [-0.05, 0) is 52.3 Å². The van der Waals surface area contributed by atoms with Crippen molar-refractivity contribution in [1.29, 1.82) is 0 Å². The molecule has 1 heteroatoms. The Balaban J connectivity index is 2.58. The third-order valence-corrected chi connectivity index (χ3v) is 4.58. The molecule has 0 radical (unpaired) electrons. The molecule has 2 aromatic rings. The Hall–Kier alpha value is -1.60. The second kappa shape index (κ2) is 7.79. The van der Waals surface area contributed by atoms with E-state index in [1.807, 2.05) is 0 Å². The van der Waals surface area contributed by atoms with Crippen molar-refractivity contribution in [3.63, 3.8) is 0 Å². The van der Waals surface area contributed by atoms with Gasteiger partial charge in [-0.15, -0.1) is 0 Å². The molecule has 0 fully saturated rings. The van der Waals surface area contributed by atoms with Crippen LogP contribution in [0.2, 0.25) is 0 Å². The van der Waals surface area contributed by atoms with Crippen molar-refractivity contribution in [3.8, 4) is 0 Å². The van der Waals surface area contributed by atoms with Gasteiger partial charge in [-0.2, -0.15) is 0 Å². The summed E-state index contributed by atoms with van der Waals surface area (Å²) in [6, 6.07) is 14.4. The molecule has 0 spiro atoms. The second-order valence-corrected chi connectivity index (χ2v) is 7.00. The van der Waals surface area contributed by atoms with E-state index < -0.39 is 0 Å². The maximum atomic E-state index is 3.58. The highest BCUT2D eigenvalue weighted by Crippen LogP contribution is 2.32. The summed E-state index contributed by atoms with van der Waals surface area (Å²) in [6.07, 6.45) is 2.37. The van der Waals surface area contributed by atoms with Gasteiger partial charge < -0.3 is 5.32 Å². The van der Waals surface area contributed by atoms with Crippen LogP contribution >= 0.6 is 0 Å². The Morgan fingerprint density at radius 3 is 1.43 bits per heavy atom. The van der Waals surface area contributed by atoms with Crippen LogP contribution in [0.5, 0.6) is 0 Å². The first-order valence-electron chi connectivity index (χ1n) is 8.78.